The second kappa shape index (κ2) is 10.9. The minimum atomic E-state index is -0.749. The highest BCUT2D eigenvalue weighted by Crippen LogP contribution is 2.40. The van der Waals surface area contributed by atoms with Gasteiger partial charge in [0, 0.05) is 30.8 Å². The van der Waals surface area contributed by atoms with Crippen molar-refractivity contribution in [2.24, 2.45) is 0 Å². The van der Waals surface area contributed by atoms with Gasteiger partial charge in [0.15, 0.2) is 6.61 Å². The molecule has 0 radical (unpaired) electrons. The van der Waals surface area contributed by atoms with Crippen LogP contribution >= 0.6 is 23.2 Å². The molecule has 4 rings (SSSR count). The molecule has 2 heterocycles. The minimum absolute atomic E-state index is 0.0993. The van der Waals surface area contributed by atoms with Crippen LogP contribution in [0.15, 0.2) is 66.0 Å². The lowest BCUT2D eigenvalue weighted by Crippen LogP contribution is -2.27. The fraction of sp³-hybridized carbons (Fsp3) is 0.185. The van der Waals surface area contributed by atoms with Gasteiger partial charge >= 0.3 is 5.97 Å². The highest BCUT2D eigenvalue weighted by atomic mass is 35.5. The van der Waals surface area contributed by atoms with Gasteiger partial charge in [-0.2, -0.15) is 10.4 Å². The highest BCUT2D eigenvalue weighted by Gasteiger charge is 2.31. The third-order valence-corrected chi connectivity index (χ3v) is 6.74. The normalized spacial score (nSPS) is 12.6. The van der Waals surface area contributed by atoms with E-state index in [1.54, 1.807) is 41.6 Å². The van der Waals surface area contributed by atoms with Crippen LogP contribution in [0.1, 0.15) is 16.8 Å². The second-order valence-electron chi connectivity index (χ2n) is 8.32. The molecule has 0 amide bonds. The van der Waals surface area contributed by atoms with Crippen molar-refractivity contribution in [1.29, 1.82) is 5.26 Å². The van der Waals surface area contributed by atoms with Crippen molar-refractivity contribution in [1.82, 2.24) is 9.78 Å². The third-order valence-electron chi connectivity index (χ3n) is 5.97. The molecule has 0 saturated carbocycles. The van der Waals surface area contributed by atoms with E-state index in [1.807, 2.05) is 48.5 Å². The molecule has 0 fully saturated rings. The summed E-state index contributed by atoms with van der Waals surface area (Å²) in [6, 6.07) is 16.9. The monoisotopic (exact) mass is 535 g/mol. The number of halogens is 2. The molecular formula is C27H23Cl2N5O3. The van der Waals surface area contributed by atoms with Crippen LogP contribution in [0.4, 0.5) is 11.4 Å². The van der Waals surface area contributed by atoms with Crippen LogP contribution in [0.25, 0.3) is 6.08 Å². The van der Waals surface area contributed by atoms with Crippen molar-refractivity contribution in [3.63, 3.8) is 0 Å². The first-order valence-corrected chi connectivity index (χ1v) is 12.0. The number of nitrogens with zero attached hydrogens (tertiary/aromatic N) is 5. The van der Waals surface area contributed by atoms with Crippen molar-refractivity contribution in [2.75, 3.05) is 30.5 Å². The molecule has 0 saturated heterocycles. The van der Waals surface area contributed by atoms with Gasteiger partial charge in [-0.25, -0.2) is 9.48 Å². The molecule has 188 valence electrons. The number of ketones is 1. The average Bonchev–Trinajstić information content (AvgIpc) is 3.30. The quantitative estimate of drug-likeness (QED) is 0.239. The second-order valence-corrected chi connectivity index (χ2v) is 9.09. The maximum atomic E-state index is 12.8. The Balaban J connectivity index is 1.43. The van der Waals surface area contributed by atoms with E-state index < -0.39 is 18.4 Å². The molecule has 0 unspecified atom stereocenters. The zero-order chi connectivity index (χ0) is 26.7. The number of carbonyl (C=O) groups is 2. The molecule has 8 nitrogen and oxygen atoms in total. The number of nitriles is 1. The SMILES string of the molecule is Cc1nn(Cc2ccccc2Cl)c(Cl)c1/C=C/C(=O)OCC(=O)C(C#N)=C1N(C)c2ccccc2N1C. The van der Waals surface area contributed by atoms with Crippen molar-refractivity contribution < 1.29 is 14.3 Å². The number of aryl methyl sites for hydroxylation is 1. The fourth-order valence-corrected chi connectivity index (χ4v) is 4.61. The van der Waals surface area contributed by atoms with E-state index in [-0.39, 0.29) is 5.57 Å². The van der Waals surface area contributed by atoms with Crippen LogP contribution in [-0.2, 0) is 20.9 Å². The molecule has 0 aliphatic carbocycles. The molecular weight excluding hydrogens is 513 g/mol. The number of ether oxygens (including phenoxy) is 1. The van der Waals surface area contributed by atoms with Gasteiger partial charge in [-0.15, -0.1) is 0 Å². The molecule has 10 heteroatoms. The predicted octanol–water partition coefficient (Wildman–Crippen LogP) is 4.99. The van der Waals surface area contributed by atoms with Crippen LogP contribution in [0.2, 0.25) is 10.2 Å². The average molecular weight is 536 g/mol. The molecule has 2 aromatic carbocycles. The topological polar surface area (TPSA) is 91.5 Å². The minimum Gasteiger partial charge on any atom is -0.454 e. The zero-order valence-electron chi connectivity index (χ0n) is 20.4. The zero-order valence-corrected chi connectivity index (χ0v) is 21.9. The van der Waals surface area contributed by atoms with E-state index in [2.05, 4.69) is 5.10 Å². The standard InChI is InChI=1S/C27H23Cl2N5O3/c1-17-19(26(29)34(31-17)15-18-8-4-5-9-21(18)28)12-13-25(36)37-16-24(35)20(14-30)27-32(2)22-10-6-7-11-23(22)33(27)3/h4-13H,15-16H2,1-3H3/b13-12+. The molecule has 3 aromatic rings. The van der Waals surface area contributed by atoms with Gasteiger partial charge in [0.1, 0.15) is 22.6 Å². The molecule has 37 heavy (non-hydrogen) atoms. The van der Waals surface area contributed by atoms with Crippen molar-refractivity contribution in [2.45, 2.75) is 13.5 Å². The summed E-state index contributed by atoms with van der Waals surface area (Å²) in [6.07, 6.45) is 2.66. The fourth-order valence-electron chi connectivity index (χ4n) is 4.11. The lowest BCUT2D eigenvalue weighted by molar-refractivity contribution is -0.141. The Labute approximate surface area is 224 Å². The van der Waals surface area contributed by atoms with Crippen molar-refractivity contribution in [3.8, 4) is 6.07 Å². The van der Waals surface area contributed by atoms with Crippen molar-refractivity contribution >= 4 is 52.4 Å². The number of Topliss-reactive ketones (excluding diaryl/α,β-unsaturated/α-hetero) is 1. The van der Waals surface area contributed by atoms with E-state index >= 15 is 0 Å². The lowest BCUT2D eigenvalue weighted by atomic mass is 10.2. The maximum absolute atomic E-state index is 12.8. The summed E-state index contributed by atoms with van der Waals surface area (Å²) in [5.41, 5.74) is 3.64. The maximum Gasteiger partial charge on any atom is 0.331 e. The summed E-state index contributed by atoms with van der Waals surface area (Å²) < 4.78 is 6.72. The number of hydrogen-bond donors (Lipinski definition) is 0. The number of esters is 1. The predicted molar refractivity (Wildman–Crippen MR) is 143 cm³/mol. The Morgan fingerprint density at radius 3 is 2.30 bits per heavy atom. The van der Waals surface area contributed by atoms with E-state index in [4.69, 9.17) is 27.9 Å². The van der Waals surface area contributed by atoms with Gasteiger partial charge < -0.3 is 14.5 Å². The Bertz CT molecular complexity index is 1450. The highest BCUT2D eigenvalue weighted by molar-refractivity contribution is 6.32. The summed E-state index contributed by atoms with van der Waals surface area (Å²) >= 11 is 12.7. The Morgan fingerprint density at radius 2 is 1.68 bits per heavy atom. The number of hydrogen-bond acceptors (Lipinski definition) is 7. The van der Waals surface area contributed by atoms with Crippen LogP contribution in [-0.4, -0.2) is 42.2 Å². The summed E-state index contributed by atoms with van der Waals surface area (Å²) in [5, 5.41) is 15.1. The molecule has 0 N–H and O–H groups in total. The molecule has 1 aromatic heterocycles. The lowest BCUT2D eigenvalue weighted by Gasteiger charge is -2.19. The molecule has 0 spiro atoms. The van der Waals surface area contributed by atoms with E-state index in [9.17, 15) is 14.9 Å². The summed E-state index contributed by atoms with van der Waals surface area (Å²) in [7, 11) is 3.55. The van der Waals surface area contributed by atoms with Gasteiger partial charge in [0.25, 0.3) is 0 Å². The molecule has 1 aliphatic rings. The smallest absolute Gasteiger partial charge is 0.331 e. The van der Waals surface area contributed by atoms with Gasteiger partial charge in [0.05, 0.1) is 23.6 Å². The van der Waals surface area contributed by atoms with Gasteiger partial charge in [0.2, 0.25) is 5.78 Å². The number of benzene rings is 2. The number of fused-ring (bicyclic) bond motifs is 1. The van der Waals surface area contributed by atoms with E-state index in [1.165, 1.54) is 12.2 Å². The molecule has 0 bridgehead atoms. The first-order chi connectivity index (χ1) is 17.7. The van der Waals surface area contributed by atoms with Crippen LogP contribution < -0.4 is 9.80 Å². The van der Waals surface area contributed by atoms with Gasteiger partial charge in [-0.1, -0.05) is 53.5 Å². The third kappa shape index (κ3) is 5.24. The first kappa shape index (κ1) is 26.0. The molecule has 1 aliphatic heterocycles. The van der Waals surface area contributed by atoms with Crippen LogP contribution in [0.5, 0.6) is 0 Å². The number of carbonyl (C=O) groups excluding carboxylic acids is 2. The first-order valence-electron chi connectivity index (χ1n) is 11.3. The summed E-state index contributed by atoms with van der Waals surface area (Å²) in [5.74, 6) is -0.928. The summed E-state index contributed by atoms with van der Waals surface area (Å²) in [4.78, 5) is 28.7. The number of rotatable bonds is 7. The van der Waals surface area contributed by atoms with Gasteiger partial charge in [-0.05, 0) is 36.8 Å². The largest absolute Gasteiger partial charge is 0.454 e. The Morgan fingerprint density at radius 1 is 1.05 bits per heavy atom. The summed E-state index contributed by atoms with van der Waals surface area (Å²) in [6.45, 7) is 1.55. The van der Waals surface area contributed by atoms with Gasteiger partial charge in [-0.3, -0.25) is 4.79 Å². The molecule has 0 atom stereocenters. The van der Waals surface area contributed by atoms with Crippen LogP contribution in [0.3, 0.4) is 0 Å². The van der Waals surface area contributed by atoms with E-state index in [0.29, 0.717) is 33.8 Å². The number of aromatic nitrogens is 2. The number of para-hydroxylation sites is 2. The van der Waals surface area contributed by atoms with Crippen LogP contribution in [0, 0.1) is 18.3 Å². The Kier molecular flexibility index (Phi) is 7.67. The van der Waals surface area contributed by atoms with Crippen molar-refractivity contribution in [3.05, 3.63) is 93.0 Å². The Hall–Kier alpha value is -4.06. The number of anilines is 2. The van der Waals surface area contributed by atoms with E-state index in [0.717, 1.165) is 16.9 Å².